The molecule has 0 aromatic heterocycles. The Balaban J connectivity index is 2.42. The van der Waals surface area contributed by atoms with E-state index < -0.39 is 12.6 Å². The van der Waals surface area contributed by atoms with Crippen molar-refractivity contribution in [1.82, 2.24) is 5.32 Å². The van der Waals surface area contributed by atoms with E-state index in [0.717, 1.165) is 19.3 Å². The second-order valence-corrected chi connectivity index (χ2v) is 5.58. The Morgan fingerprint density at radius 1 is 1.35 bits per heavy atom. The first-order chi connectivity index (χ1) is 7.73. The van der Waals surface area contributed by atoms with E-state index in [2.05, 4.69) is 19.2 Å². The molecule has 2 unspecified atom stereocenters. The summed E-state index contributed by atoms with van der Waals surface area (Å²) in [6.45, 7) is 4.04. The molecular formula is C12H22F3NO. The third kappa shape index (κ3) is 5.25. The number of likely N-dealkylation sites (N-methyl/N-ethyl adjacent to an activating group) is 1. The van der Waals surface area contributed by atoms with Gasteiger partial charge in [-0.3, -0.25) is 0 Å². The van der Waals surface area contributed by atoms with E-state index >= 15 is 0 Å². The lowest BCUT2D eigenvalue weighted by Crippen LogP contribution is -2.46. The molecule has 1 aliphatic carbocycles. The molecule has 0 aromatic carbocycles. The highest BCUT2D eigenvalue weighted by Crippen LogP contribution is 2.36. The number of hydrogen-bond donors (Lipinski definition) is 1. The molecule has 1 N–H and O–H groups in total. The lowest BCUT2D eigenvalue weighted by Gasteiger charge is -2.40. The smallest absolute Gasteiger partial charge is 0.376 e. The third-order valence-corrected chi connectivity index (χ3v) is 3.42. The average Bonchev–Trinajstić information content (AvgIpc) is 2.15. The molecule has 0 bridgehead atoms. The van der Waals surface area contributed by atoms with Crippen molar-refractivity contribution in [1.29, 1.82) is 0 Å². The third-order valence-electron chi connectivity index (χ3n) is 3.42. The van der Waals surface area contributed by atoms with Crippen molar-refractivity contribution in [3.63, 3.8) is 0 Å². The van der Waals surface area contributed by atoms with Gasteiger partial charge in [0.1, 0.15) is 0 Å². The predicted octanol–water partition coefficient (Wildman–Crippen LogP) is 3.12. The van der Waals surface area contributed by atoms with Crippen molar-refractivity contribution in [3.05, 3.63) is 0 Å². The van der Waals surface area contributed by atoms with E-state index in [9.17, 15) is 13.2 Å². The van der Waals surface area contributed by atoms with Crippen molar-refractivity contribution < 1.29 is 17.9 Å². The van der Waals surface area contributed by atoms with Gasteiger partial charge in [0.25, 0.3) is 0 Å². The standard InChI is InChI=1S/C12H22F3NO/c1-11(2)5-4-9(16-3)10(8-11)17-7-6-12(13,14)15/h9-10,16H,4-8H2,1-3H3. The molecule has 102 valence electrons. The zero-order valence-corrected chi connectivity index (χ0v) is 10.7. The molecule has 0 amide bonds. The van der Waals surface area contributed by atoms with Crippen LogP contribution in [-0.2, 0) is 4.74 Å². The van der Waals surface area contributed by atoms with E-state index in [4.69, 9.17) is 4.74 Å². The number of hydrogen-bond acceptors (Lipinski definition) is 2. The molecule has 17 heavy (non-hydrogen) atoms. The summed E-state index contributed by atoms with van der Waals surface area (Å²) in [5.41, 5.74) is 0.163. The van der Waals surface area contributed by atoms with Gasteiger partial charge in [-0.1, -0.05) is 13.8 Å². The number of nitrogens with one attached hydrogen (secondary N) is 1. The van der Waals surface area contributed by atoms with Crippen LogP contribution in [0, 0.1) is 5.41 Å². The van der Waals surface area contributed by atoms with Crippen LogP contribution in [0.3, 0.4) is 0 Å². The fraction of sp³-hybridized carbons (Fsp3) is 1.00. The zero-order valence-electron chi connectivity index (χ0n) is 10.7. The van der Waals surface area contributed by atoms with Crippen LogP contribution in [0.2, 0.25) is 0 Å². The van der Waals surface area contributed by atoms with E-state index in [1.165, 1.54) is 0 Å². The van der Waals surface area contributed by atoms with E-state index in [1.807, 2.05) is 7.05 Å². The van der Waals surface area contributed by atoms with Crippen molar-refractivity contribution in [3.8, 4) is 0 Å². The SMILES string of the molecule is CNC1CCC(C)(C)CC1OCCC(F)(F)F. The Labute approximate surface area is 101 Å². The minimum absolute atomic E-state index is 0.105. The van der Waals surface area contributed by atoms with Crippen molar-refractivity contribution in [2.45, 2.75) is 57.9 Å². The van der Waals surface area contributed by atoms with Gasteiger partial charge in [-0.15, -0.1) is 0 Å². The van der Waals surface area contributed by atoms with Gasteiger partial charge in [-0.05, 0) is 31.7 Å². The lowest BCUT2D eigenvalue weighted by atomic mass is 9.74. The summed E-state index contributed by atoms with van der Waals surface area (Å²) in [6.07, 6.45) is -2.24. The fourth-order valence-corrected chi connectivity index (χ4v) is 2.35. The molecule has 0 aromatic rings. The normalized spacial score (nSPS) is 29.3. The van der Waals surface area contributed by atoms with Crippen LogP contribution < -0.4 is 5.32 Å². The van der Waals surface area contributed by atoms with Crippen LogP contribution in [-0.4, -0.2) is 32.0 Å². The summed E-state index contributed by atoms with van der Waals surface area (Å²) in [5, 5.41) is 3.13. The Morgan fingerprint density at radius 2 is 2.00 bits per heavy atom. The highest BCUT2D eigenvalue weighted by Gasteiger charge is 2.35. The molecule has 0 aliphatic heterocycles. The fourth-order valence-electron chi connectivity index (χ4n) is 2.35. The summed E-state index contributed by atoms with van der Waals surface area (Å²) in [5.74, 6) is 0. The summed E-state index contributed by atoms with van der Waals surface area (Å²) in [4.78, 5) is 0. The Morgan fingerprint density at radius 3 is 2.53 bits per heavy atom. The largest absolute Gasteiger partial charge is 0.391 e. The first-order valence-corrected chi connectivity index (χ1v) is 6.09. The quantitative estimate of drug-likeness (QED) is 0.831. The molecule has 1 rings (SSSR count). The van der Waals surface area contributed by atoms with Gasteiger partial charge in [0.2, 0.25) is 0 Å². The van der Waals surface area contributed by atoms with Crippen LogP contribution in [0.5, 0.6) is 0 Å². The Bertz CT molecular complexity index is 240. The van der Waals surface area contributed by atoms with Gasteiger partial charge in [0, 0.05) is 6.04 Å². The molecule has 0 radical (unpaired) electrons. The van der Waals surface area contributed by atoms with Gasteiger partial charge in [0.15, 0.2) is 0 Å². The van der Waals surface area contributed by atoms with Gasteiger partial charge < -0.3 is 10.1 Å². The number of halogens is 3. The van der Waals surface area contributed by atoms with Crippen molar-refractivity contribution in [2.75, 3.05) is 13.7 Å². The average molecular weight is 253 g/mol. The summed E-state index contributed by atoms with van der Waals surface area (Å²) in [7, 11) is 1.84. The first kappa shape index (κ1) is 14.8. The highest BCUT2D eigenvalue weighted by molar-refractivity contribution is 4.89. The molecule has 5 heteroatoms. The van der Waals surface area contributed by atoms with E-state index in [1.54, 1.807) is 0 Å². The highest BCUT2D eigenvalue weighted by atomic mass is 19.4. The second-order valence-electron chi connectivity index (χ2n) is 5.58. The van der Waals surface area contributed by atoms with E-state index in [-0.39, 0.29) is 24.2 Å². The number of alkyl halides is 3. The summed E-state index contributed by atoms with van der Waals surface area (Å²) in [6, 6.07) is 0.177. The monoisotopic (exact) mass is 253 g/mol. The van der Waals surface area contributed by atoms with Crippen molar-refractivity contribution >= 4 is 0 Å². The van der Waals surface area contributed by atoms with Crippen molar-refractivity contribution in [2.24, 2.45) is 5.41 Å². The second kappa shape index (κ2) is 5.57. The maximum atomic E-state index is 12.0. The minimum atomic E-state index is -4.13. The molecular weight excluding hydrogens is 231 g/mol. The van der Waals surface area contributed by atoms with Gasteiger partial charge in [0.05, 0.1) is 19.1 Å². The Hall–Kier alpha value is -0.290. The molecule has 1 aliphatic rings. The zero-order chi connectivity index (χ0) is 13.1. The maximum Gasteiger partial charge on any atom is 0.391 e. The molecule has 2 nitrogen and oxygen atoms in total. The van der Waals surface area contributed by atoms with Crippen LogP contribution in [0.1, 0.15) is 39.5 Å². The lowest BCUT2D eigenvalue weighted by molar-refractivity contribution is -0.153. The van der Waals surface area contributed by atoms with Crippen LogP contribution in [0.25, 0.3) is 0 Å². The predicted molar refractivity (Wildman–Crippen MR) is 60.9 cm³/mol. The van der Waals surface area contributed by atoms with E-state index in [0.29, 0.717) is 0 Å². The van der Waals surface area contributed by atoms with Crippen LogP contribution in [0.15, 0.2) is 0 Å². The molecule has 1 fully saturated rings. The molecule has 1 saturated carbocycles. The van der Waals surface area contributed by atoms with Gasteiger partial charge in [-0.25, -0.2) is 0 Å². The Kier molecular flexibility index (Phi) is 4.84. The molecule has 0 spiro atoms. The maximum absolute atomic E-state index is 12.0. The summed E-state index contributed by atoms with van der Waals surface area (Å²) >= 11 is 0. The summed E-state index contributed by atoms with van der Waals surface area (Å²) < 4.78 is 41.6. The molecule has 0 saturated heterocycles. The minimum Gasteiger partial charge on any atom is -0.376 e. The van der Waals surface area contributed by atoms with Crippen LogP contribution in [0.4, 0.5) is 13.2 Å². The van der Waals surface area contributed by atoms with Gasteiger partial charge >= 0.3 is 6.18 Å². The molecule has 2 atom stereocenters. The van der Waals surface area contributed by atoms with Crippen LogP contribution >= 0.6 is 0 Å². The molecule has 0 heterocycles. The van der Waals surface area contributed by atoms with Gasteiger partial charge in [-0.2, -0.15) is 13.2 Å². The number of rotatable bonds is 4. The topological polar surface area (TPSA) is 21.3 Å². The number of ether oxygens (including phenoxy) is 1. The first-order valence-electron chi connectivity index (χ1n) is 6.09.